The van der Waals surface area contributed by atoms with E-state index in [4.69, 9.17) is 9.47 Å². The molecule has 0 saturated carbocycles. The molecule has 1 rings (SSSR count). The number of aldehydes is 1. The van der Waals surface area contributed by atoms with Gasteiger partial charge in [0, 0.05) is 0 Å². The molecule has 5 nitrogen and oxygen atoms in total. The summed E-state index contributed by atoms with van der Waals surface area (Å²) in [7, 11) is 0. The third-order valence-electron chi connectivity index (χ3n) is 2.40. The number of esters is 1. The lowest BCUT2D eigenvalue weighted by Crippen LogP contribution is -2.09. The van der Waals surface area contributed by atoms with Gasteiger partial charge in [0.1, 0.15) is 17.1 Å². The minimum absolute atomic E-state index is 0.00223. The van der Waals surface area contributed by atoms with Crippen LogP contribution in [0.5, 0.6) is 11.5 Å². The van der Waals surface area contributed by atoms with Crippen LogP contribution >= 0.6 is 0 Å². The predicted octanol–water partition coefficient (Wildman–Crippen LogP) is 2.09. The van der Waals surface area contributed by atoms with E-state index in [0.717, 1.165) is 0 Å². The highest BCUT2D eigenvalue weighted by molar-refractivity contribution is 5.99. The van der Waals surface area contributed by atoms with Crippen molar-refractivity contribution < 1.29 is 24.2 Å². The summed E-state index contributed by atoms with van der Waals surface area (Å²) in [6.07, 6.45) is 0.461. The Morgan fingerprint density at radius 1 is 1.39 bits per heavy atom. The average molecular weight is 252 g/mol. The van der Waals surface area contributed by atoms with E-state index in [0.29, 0.717) is 18.5 Å². The normalized spacial score (nSPS) is 9.94. The largest absolute Gasteiger partial charge is 0.506 e. The molecule has 0 heterocycles. The van der Waals surface area contributed by atoms with Crippen molar-refractivity contribution in [3.05, 3.63) is 22.8 Å². The average Bonchev–Trinajstić information content (AvgIpc) is 2.29. The third kappa shape index (κ3) is 2.61. The Hall–Kier alpha value is -2.04. The molecule has 0 amide bonds. The van der Waals surface area contributed by atoms with Gasteiger partial charge in [-0.05, 0) is 32.4 Å². The van der Waals surface area contributed by atoms with E-state index in [9.17, 15) is 14.7 Å². The summed E-state index contributed by atoms with van der Waals surface area (Å²) in [5.41, 5.74) is 0.466. The van der Waals surface area contributed by atoms with Gasteiger partial charge in [0.2, 0.25) is 0 Å². The first-order valence-corrected chi connectivity index (χ1v) is 5.68. The first-order valence-electron chi connectivity index (χ1n) is 5.68. The zero-order valence-electron chi connectivity index (χ0n) is 10.6. The minimum Gasteiger partial charge on any atom is -0.506 e. The van der Waals surface area contributed by atoms with Crippen molar-refractivity contribution >= 4 is 12.3 Å². The predicted molar refractivity (Wildman–Crippen MR) is 65.4 cm³/mol. The number of ether oxygens (including phenoxy) is 2. The number of carbonyl (C=O) groups excluding carboxylic acids is 2. The van der Waals surface area contributed by atoms with Crippen LogP contribution in [0.3, 0.4) is 0 Å². The molecule has 0 aliphatic rings. The molecule has 18 heavy (non-hydrogen) atoms. The van der Waals surface area contributed by atoms with Crippen LogP contribution in [0.25, 0.3) is 0 Å². The highest BCUT2D eigenvalue weighted by atomic mass is 16.5. The van der Waals surface area contributed by atoms with E-state index in [1.807, 2.05) is 0 Å². The fourth-order valence-corrected chi connectivity index (χ4v) is 1.63. The Kier molecular flexibility index (Phi) is 4.71. The summed E-state index contributed by atoms with van der Waals surface area (Å²) in [5.74, 6) is -0.791. The fourth-order valence-electron chi connectivity index (χ4n) is 1.63. The Morgan fingerprint density at radius 2 is 2.06 bits per heavy atom. The molecule has 0 bridgehead atoms. The lowest BCUT2D eigenvalue weighted by molar-refractivity contribution is 0.0522. The SMILES string of the molecule is CCOC(=O)c1c(C)cc(OCC)c(C=O)c1O. The minimum atomic E-state index is -0.654. The Bertz CT molecular complexity index is 465. The fraction of sp³-hybridized carbons (Fsp3) is 0.385. The van der Waals surface area contributed by atoms with Crippen LogP contribution in [0.1, 0.15) is 40.1 Å². The molecule has 0 saturated heterocycles. The van der Waals surface area contributed by atoms with Crippen LogP contribution in [0.15, 0.2) is 6.07 Å². The molecule has 0 aliphatic carbocycles. The first-order chi connectivity index (χ1) is 8.56. The van der Waals surface area contributed by atoms with E-state index in [1.54, 1.807) is 26.8 Å². The number of phenols is 1. The summed E-state index contributed by atoms with van der Waals surface area (Å²) in [4.78, 5) is 22.7. The summed E-state index contributed by atoms with van der Waals surface area (Å²) in [6, 6.07) is 1.54. The molecule has 1 aromatic rings. The molecular weight excluding hydrogens is 236 g/mol. The number of aromatic hydroxyl groups is 1. The van der Waals surface area contributed by atoms with E-state index in [1.165, 1.54) is 0 Å². The molecule has 0 atom stereocenters. The number of rotatable bonds is 5. The van der Waals surface area contributed by atoms with Gasteiger partial charge in [0.15, 0.2) is 6.29 Å². The van der Waals surface area contributed by atoms with Crippen molar-refractivity contribution in [2.45, 2.75) is 20.8 Å². The molecule has 0 fully saturated rings. The number of hydrogen-bond donors (Lipinski definition) is 1. The van der Waals surface area contributed by atoms with Crippen molar-refractivity contribution in [2.75, 3.05) is 13.2 Å². The second-order valence-electron chi connectivity index (χ2n) is 3.60. The second-order valence-corrected chi connectivity index (χ2v) is 3.60. The summed E-state index contributed by atoms with van der Waals surface area (Å²) >= 11 is 0. The third-order valence-corrected chi connectivity index (χ3v) is 2.40. The summed E-state index contributed by atoms with van der Waals surface area (Å²) in [6.45, 7) is 5.63. The van der Waals surface area contributed by atoms with Gasteiger partial charge < -0.3 is 14.6 Å². The molecule has 0 aliphatic heterocycles. The lowest BCUT2D eigenvalue weighted by Gasteiger charge is -2.13. The van der Waals surface area contributed by atoms with E-state index in [-0.39, 0.29) is 23.5 Å². The molecule has 5 heteroatoms. The van der Waals surface area contributed by atoms with E-state index < -0.39 is 11.7 Å². The lowest BCUT2D eigenvalue weighted by atomic mass is 10.0. The maximum atomic E-state index is 11.7. The maximum absolute atomic E-state index is 11.7. The summed E-state index contributed by atoms with van der Waals surface area (Å²) < 4.78 is 10.1. The van der Waals surface area contributed by atoms with Crippen molar-refractivity contribution in [2.24, 2.45) is 0 Å². The van der Waals surface area contributed by atoms with Crippen molar-refractivity contribution in [3.8, 4) is 11.5 Å². The van der Waals surface area contributed by atoms with E-state index >= 15 is 0 Å². The number of aryl methyl sites for hydroxylation is 1. The molecule has 0 spiro atoms. The number of hydrogen-bond acceptors (Lipinski definition) is 5. The van der Waals surface area contributed by atoms with Gasteiger partial charge in [-0.25, -0.2) is 4.79 Å². The number of phenolic OH excluding ortho intramolecular Hbond substituents is 1. The molecular formula is C13H16O5. The number of benzene rings is 1. The van der Waals surface area contributed by atoms with Crippen LogP contribution in [0.4, 0.5) is 0 Å². The highest BCUT2D eigenvalue weighted by Crippen LogP contribution is 2.33. The molecule has 0 aromatic heterocycles. The standard InChI is InChI=1S/C13H16O5/c1-4-17-10-6-8(3)11(13(16)18-5-2)12(15)9(10)7-14/h6-7,15H,4-5H2,1-3H3. The topological polar surface area (TPSA) is 72.8 Å². The zero-order chi connectivity index (χ0) is 13.7. The molecule has 98 valence electrons. The zero-order valence-corrected chi connectivity index (χ0v) is 10.6. The Balaban J connectivity index is 3.37. The molecule has 0 unspecified atom stereocenters. The van der Waals surface area contributed by atoms with Crippen molar-refractivity contribution in [1.82, 2.24) is 0 Å². The number of carbonyl (C=O) groups is 2. The van der Waals surface area contributed by atoms with Crippen LogP contribution in [0.2, 0.25) is 0 Å². The molecule has 1 N–H and O–H groups in total. The first kappa shape index (κ1) is 14.0. The quantitative estimate of drug-likeness (QED) is 0.641. The molecule has 1 aromatic carbocycles. The van der Waals surface area contributed by atoms with E-state index in [2.05, 4.69) is 0 Å². The Labute approximate surface area is 105 Å². The van der Waals surface area contributed by atoms with Gasteiger partial charge >= 0.3 is 5.97 Å². The Morgan fingerprint density at radius 3 is 2.56 bits per heavy atom. The van der Waals surface area contributed by atoms with Crippen LogP contribution in [0, 0.1) is 6.92 Å². The monoisotopic (exact) mass is 252 g/mol. The summed E-state index contributed by atoms with van der Waals surface area (Å²) in [5, 5.41) is 9.96. The van der Waals surface area contributed by atoms with Crippen LogP contribution in [-0.4, -0.2) is 30.6 Å². The van der Waals surface area contributed by atoms with Crippen molar-refractivity contribution in [1.29, 1.82) is 0 Å². The molecule has 0 radical (unpaired) electrons. The smallest absolute Gasteiger partial charge is 0.342 e. The van der Waals surface area contributed by atoms with Crippen LogP contribution in [-0.2, 0) is 4.74 Å². The van der Waals surface area contributed by atoms with Gasteiger partial charge in [0.25, 0.3) is 0 Å². The van der Waals surface area contributed by atoms with Gasteiger partial charge in [-0.15, -0.1) is 0 Å². The van der Waals surface area contributed by atoms with Gasteiger partial charge in [-0.2, -0.15) is 0 Å². The van der Waals surface area contributed by atoms with Gasteiger partial charge in [0.05, 0.1) is 18.8 Å². The van der Waals surface area contributed by atoms with Gasteiger partial charge in [-0.1, -0.05) is 0 Å². The van der Waals surface area contributed by atoms with Crippen LogP contribution < -0.4 is 4.74 Å². The van der Waals surface area contributed by atoms with Gasteiger partial charge in [-0.3, -0.25) is 4.79 Å². The highest BCUT2D eigenvalue weighted by Gasteiger charge is 2.22. The second kappa shape index (κ2) is 6.05. The van der Waals surface area contributed by atoms with Crippen molar-refractivity contribution in [3.63, 3.8) is 0 Å². The maximum Gasteiger partial charge on any atom is 0.342 e.